The van der Waals surface area contributed by atoms with E-state index in [1.165, 1.54) is 4.31 Å². The third-order valence-corrected chi connectivity index (χ3v) is 8.59. The molecule has 3 aromatic rings. The summed E-state index contributed by atoms with van der Waals surface area (Å²) in [5.41, 5.74) is 1.70. The number of aryl methyl sites for hydroxylation is 1. The van der Waals surface area contributed by atoms with E-state index >= 15 is 0 Å². The maximum Gasteiger partial charge on any atom is 0.410 e. The molecule has 1 aromatic carbocycles. The third kappa shape index (κ3) is 4.75. The Balaban J connectivity index is 1.19. The molecule has 2 aromatic heterocycles. The lowest BCUT2D eigenvalue weighted by Gasteiger charge is -2.43. The Labute approximate surface area is 210 Å². The average Bonchev–Trinajstić information content (AvgIpc) is 3.41. The van der Waals surface area contributed by atoms with Crippen molar-refractivity contribution in [1.82, 2.24) is 18.6 Å². The molecule has 10 heteroatoms. The van der Waals surface area contributed by atoms with Gasteiger partial charge in [-0.1, -0.05) is 12.1 Å². The highest BCUT2D eigenvalue weighted by molar-refractivity contribution is 7.89. The van der Waals surface area contributed by atoms with Crippen LogP contribution in [0.5, 0.6) is 0 Å². The lowest BCUT2D eigenvalue weighted by molar-refractivity contribution is -0.0164. The van der Waals surface area contributed by atoms with Crippen molar-refractivity contribution in [1.29, 1.82) is 0 Å². The Morgan fingerprint density at radius 3 is 2.53 bits per heavy atom. The molecule has 0 spiro atoms. The van der Waals surface area contributed by atoms with E-state index in [9.17, 15) is 18.0 Å². The van der Waals surface area contributed by atoms with E-state index in [1.54, 1.807) is 53.8 Å². The number of ketones is 1. The van der Waals surface area contributed by atoms with Crippen LogP contribution in [-0.2, 0) is 21.2 Å². The molecule has 9 nitrogen and oxygen atoms in total. The first-order valence-electron chi connectivity index (χ1n) is 12.1. The second-order valence-corrected chi connectivity index (χ2v) is 12.4. The number of fused-ring (bicyclic) bond motifs is 2. The van der Waals surface area contributed by atoms with Crippen LogP contribution in [0.3, 0.4) is 0 Å². The fraction of sp³-hybridized carbons (Fsp3) is 0.423. The number of aromatic nitrogens is 2. The van der Waals surface area contributed by atoms with Gasteiger partial charge in [0.2, 0.25) is 10.0 Å². The van der Waals surface area contributed by atoms with Crippen molar-refractivity contribution in [3.8, 4) is 0 Å². The molecule has 1 amide bonds. The topological polar surface area (TPSA) is 101 Å². The largest absolute Gasteiger partial charge is 0.444 e. The van der Waals surface area contributed by atoms with Gasteiger partial charge in [-0.2, -0.15) is 4.31 Å². The number of pyridine rings is 1. The SMILES string of the molecule is CC(C)(C)OC(=O)N1CC2CN(S(=O)(=O)c3ccc(CCC(=O)c4ccc5nccn5c4)cc3)CC21. The average molecular weight is 511 g/mol. The van der Waals surface area contributed by atoms with Gasteiger partial charge in [0.05, 0.1) is 10.9 Å². The zero-order valence-electron chi connectivity index (χ0n) is 20.6. The summed E-state index contributed by atoms with van der Waals surface area (Å²) in [6.45, 7) is 6.61. The Morgan fingerprint density at radius 1 is 1.06 bits per heavy atom. The number of hydrogen-bond acceptors (Lipinski definition) is 6. The molecule has 2 aliphatic heterocycles. The van der Waals surface area contributed by atoms with Crippen LogP contribution in [0.4, 0.5) is 4.79 Å². The number of ether oxygens (including phenoxy) is 1. The van der Waals surface area contributed by atoms with Gasteiger partial charge < -0.3 is 14.0 Å². The molecule has 0 bridgehead atoms. The van der Waals surface area contributed by atoms with Crippen molar-refractivity contribution in [2.45, 2.75) is 50.2 Å². The Morgan fingerprint density at radius 2 is 1.81 bits per heavy atom. The first-order valence-corrected chi connectivity index (χ1v) is 13.5. The number of sulfonamides is 1. The minimum Gasteiger partial charge on any atom is -0.444 e. The maximum absolute atomic E-state index is 13.2. The van der Waals surface area contributed by atoms with Crippen LogP contribution in [0.25, 0.3) is 5.65 Å². The molecule has 190 valence electrons. The van der Waals surface area contributed by atoms with Gasteiger partial charge in [0, 0.05) is 56.1 Å². The summed E-state index contributed by atoms with van der Waals surface area (Å²) in [6, 6.07) is 10.1. The van der Waals surface area contributed by atoms with Crippen LogP contribution in [0, 0.1) is 5.92 Å². The van der Waals surface area contributed by atoms with Gasteiger partial charge >= 0.3 is 6.09 Å². The zero-order valence-corrected chi connectivity index (χ0v) is 21.4. The second-order valence-electron chi connectivity index (χ2n) is 10.5. The quantitative estimate of drug-likeness (QED) is 0.471. The van der Waals surface area contributed by atoms with Gasteiger partial charge in [-0.3, -0.25) is 4.79 Å². The summed E-state index contributed by atoms with van der Waals surface area (Å²) in [7, 11) is -3.68. The number of hydrogen-bond donors (Lipinski definition) is 0. The smallest absolute Gasteiger partial charge is 0.410 e. The molecule has 36 heavy (non-hydrogen) atoms. The Kier molecular flexibility index (Phi) is 6.12. The number of rotatable bonds is 6. The summed E-state index contributed by atoms with van der Waals surface area (Å²) >= 11 is 0. The molecular formula is C26H30N4O5S. The van der Waals surface area contributed by atoms with Gasteiger partial charge in [-0.05, 0) is 57.0 Å². The molecule has 0 saturated carbocycles. The van der Waals surface area contributed by atoms with Crippen LogP contribution < -0.4 is 0 Å². The van der Waals surface area contributed by atoms with Crippen LogP contribution in [-0.4, -0.2) is 70.2 Å². The molecular weight excluding hydrogens is 480 g/mol. The molecule has 0 radical (unpaired) electrons. The molecule has 5 rings (SSSR count). The molecule has 2 unspecified atom stereocenters. The first kappa shape index (κ1) is 24.5. The van der Waals surface area contributed by atoms with E-state index in [1.807, 2.05) is 31.2 Å². The number of carbonyl (C=O) groups excluding carboxylic acids is 2. The molecule has 0 aliphatic carbocycles. The Hall–Kier alpha value is -3.24. The minimum absolute atomic E-state index is 0.0179. The summed E-state index contributed by atoms with van der Waals surface area (Å²) in [5, 5.41) is 0. The number of carbonyl (C=O) groups is 2. The fourth-order valence-electron chi connectivity index (χ4n) is 4.79. The lowest BCUT2D eigenvalue weighted by atomic mass is 9.93. The minimum atomic E-state index is -3.68. The summed E-state index contributed by atoms with van der Waals surface area (Å²) < 4.78 is 35.2. The van der Waals surface area contributed by atoms with Gasteiger partial charge in [0.25, 0.3) is 0 Å². The molecule has 4 heterocycles. The number of amides is 1. The van der Waals surface area contributed by atoms with Crippen molar-refractivity contribution < 1.29 is 22.7 Å². The normalized spacial score (nSPS) is 20.2. The van der Waals surface area contributed by atoms with Crippen LogP contribution >= 0.6 is 0 Å². The summed E-state index contributed by atoms with van der Waals surface area (Å²) in [6.07, 6.45) is 5.69. The predicted octanol–water partition coefficient (Wildman–Crippen LogP) is 3.39. The van der Waals surface area contributed by atoms with E-state index in [0.29, 0.717) is 31.5 Å². The monoisotopic (exact) mass is 510 g/mol. The second kappa shape index (κ2) is 9.01. The number of nitrogens with zero attached hydrogens (tertiary/aromatic N) is 4. The lowest BCUT2D eigenvalue weighted by Crippen LogP contribution is -2.59. The van der Waals surface area contributed by atoms with Gasteiger partial charge in [0.1, 0.15) is 11.2 Å². The van der Waals surface area contributed by atoms with E-state index in [-0.39, 0.29) is 29.2 Å². The van der Waals surface area contributed by atoms with E-state index < -0.39 is 21.7 Å². The molecule has 2 aliphatic rings. The highest BCUT2D eigenvalue weighted by Gasteiger charge is 2.51. The van der Waals surface area contributed by atoms with E-state index in [2.05, 4.69) is 4.98 Å². The predicted molar refractivity (Wildman–Crippen MR) is 133 cm³/mol. The van der Waals surface area contributed by atoms with Crippen LogP contribution in [0.15, 0.2) is 59.9 Å². The van der Waals surface area contributed by atoms with Crippen LogP contribution in [0.2, 0.25) is 0 Å². The number of imidazole rings is 1. The molecule has 2 fully saturated rings. The van der Waals surface area contributed by atoms with Gasteiger partial charge in [-0.15, -0.1) is 0 Å². The van der Waals surface area contributed by atoms with Crippen LogP contribution in [0.1, 0.15) is 43.1 Å². The highest BCUT2D eigenvalue weighted by Crippen LogP contribution is 2.36. The number of likely N-dealkylation sites (tertiary alicyclic amines) is 1. The maximum atomic E-state index is 13.2. The zero-order chi connectivity index (χ0) is 25.7. The van der Waals surface area contributed by atoms with Crippen molar-refractivity contribution in [3.05, 3.63) is 66.1 Å². The first-order chi connectivity index (χ1) is 17.0. The van der Waals surface area contributed by atoms with Crippen molar-refractivity contribution >= 4 is 27.5 Å². The van der Waals surface area contributed by atoms with Crippen molar-refractivity contribution in [3.63, 3.8) is 0 Å². The van der Waals surface area contributed by atoms with Gasteiger partial charge in [0.15, 0.2) is 5.78 Å². The van der Waals surface area contributed by atoms with Crippen molar-refractivity contribution in [2.24, 2.45) is 5.92 Å². The third-order valence-electron chi connectivity index (χ3n) is 6.75. The van der Waals surface area contributed by atoms with E-state index in [0.717, 1.165) is 11.2 Å². The molecule has 2 atom stereocenters. The Bertz CT molecular complexity index is 1410. The summed E-state index contributed by atoms with van der Waals surface area (Å²) in [4.78, 5) is 31.0. The van der Waals surface area contributed by atoms with Crippen molar-refractivity contribution in [2.75, 3.05) is 19.6 Å². The fourth-order valence-corrected chi connectivity index (χ4v) is 6.30. The number of Topliss-reactive ketones (excluding diaryl/α,β-unsaturated/α-hetero) is 1. The standard InChI is InChI=1S/C26H30N4O5S/c1-26(2,3)35-25(32)30-16-20-15-29(17-22(20)30)36(33,34)21-8-4-18(5-9-21)6-10-23(31)19-7-11-24-27-12-13-28(24)14-19/h4-5,7-9,11-14,20,22H,6,10,15-17H2,1-3H3. The molecule has 0 N–H and O–H groups in total. The molecule has 2 saturated heterocycles. The van der Waals surface area contributed by atoms with E-state index in [4.69, 9.17) is 4.74 Å². The number of benzene rings is 1. The highest BCUT2D eigenvalue weighted by atomic mass is 32.2. The van der Waals surface area contributed by atoms with Gasteiger partial charge in [-0.25, -0.2) is 18.2 Å². The summed E-state index contributed by atoms with van der Waals surface area (Å²) in [5.74, 6) is 0.142.